The number of carbonyl (C=O) groups excluding carboxylic acids is 1. The number of rotatable bonds is 4. The Morgan fingerprint density at radius 1 is 1.35 bits per heavy atom. The highest BCUT2D eigenvalue weighted by atomic mass is 35.5. The topological polar surface area (TPSA) is 129 Å². The molecule has 0 saturated heterocycles. The number of ketones is 1. The molecule has 0 bridgehead atoms. The Morgan fingerprint density at radius 2 is 2.04 bits per heavy atom. The number of nitrogens with one attached hydrogen (secondary N) is 1. The van der Waals surface area contributed by atoms with Crippen LogP contribution >= 0.6 is 23.4 Å². The maximum atomic E-state index is 12.8. The molecule has 0 aliphatic heterocycles. The van der Waals surface area contributed by atoms with Gasteiger partial charge in [-0.05, 0) is 13.0 Å². The Hall–Kier alpha value is -2.59. The van der Waals surface area contributed by atoms with E-state index >= 15 is 0 Å². The van der Waals surface area contributed by atoms with Crippen molar-refractivity contribution in [1.82, 2.24) is 24.1 Å². The number of carbonyl (C=O) groups is 1. The summed E-state index contributed by atoms with van der Waals surface area (Å²) in [5.41, 5.74) is 5.41. The second-order valence-electron chi connectivity index (χ2n) is 5.66. The molecular formula is C15H15ClN6O3S. The van der Waals surface area contributed by atoms with E-state index in [-0.39, 0.29) is 11.4 Å². The molecule has 0 spiro atoms. The number of pyridine rings is 1. The van der Waals surface area contributed by atoms with Gasteiger partial charge in [0.25, 0.3) is 5.56 Å². The van der Waals surface area contributed by atoms with E-state index in [9.17, 15) is 14.4 Å². The molecule has 0 unspecified atom stereocenters. The number of aromatic nitrogens is 5. The number of aromatic amines is 1. The van der Waals surface area contributed by atoms with Crippen LogP contribution in [0.5, 0.6) is 0 Å². The monoisotopic (exact) mass is 394 g/mol. The predicted molar refractivity (Wildman–Crippen MR) is 99.9 cm³/mol. The number of anilines is 1. The minimum absolute atomic E-state index is 0.159. The lowest BCUT2D eigenvalue weighted by Crippen LogP contribution is -2.42. The first-order valence-electron chi connectivity index (χ1n) is 7.48. The van der Waals surface area contributed by atoms with Crippen LogP contribution < -0.4 is 17.0 Å². The van der Waals surface area contributed by atoms with E-state index in [1.165, 1.54) is 20.3 Å². The first kappa shape index (κ1) is 18.2. The number of thioether (sulfide) groups is 1. The Bertz CT molecular complexity index is 1150. The van der Waals surface area contributed by atoms with Crippen molar-refractivity contribution in [3.63, 3.8) is 0 Å². The Balaban J connectivity index is 1.95. The zero-order chi connectivity index (χ0) is 19.2. The molecule has 0 aromatic carbocycles. The number of Topliss-reactive ketones (excluding diaryl/α,β-unsaturated/α-hetero) is 1. The minimum Gasteiger partial charge on any atom is -0.384 e. The van der Waals surface area contributed by atoms with Crippen LogP contribution in [0, 0.1) is 0 Å². The number of nitrogens with zero attached hydrogens (tertiary/aromatic N) is 4. The van der Waals surface area contributed by atoms with Gasteiger partial charge in [-0.25, -0.2) is 14.8 Å². The molecule has 9 nitrogen and oxygen atoms in total. The Labute approximate surface area is 156 Å². The summed E-state index contributed by atoms with van der Waals surface area (Å²) in [7, 11) is 2.70. The van der Waals surface area contributed by atoms with Gasteiger partial charge in [0.05, 0.1) is 15.8 Å². The molecule has 3 aromatic heterocycles. The lowest BCUT2D eigenvalue weighted by molar-refractivity contribution is 0.0992. The number of fused-ring (bicyclic) bond motifs is 1. The average molecular weight is 395 g/mol. The normalized spacial score (nSPS) is 12.5. The van der Waals surface area contributed by atoms with Crippen LogP contribution in [0.1, 0.15) is 17.3 Å². The zero-order valence-electron chi connectivity index (χ0n) is 14.1. The molecule has 0 aliphatic carbocycles. The quantitative estimate of drug-likeness (QED) is 0.498. The predicted octanol–water partition coefficient (Wildman–Crippen LogP) is 0.954. The van der Waals surface area contributed by atoms with Crippen molar-refractivity contribution in [2.75, 3.05) is 5.73 Å². The number of imidazole rings is 1. The molecule has 11 heteroatoms. The van der Waals surface area contributed by atoms with Gasteiger partial charge in [-0.1, -0.05) is 23.4 Å². The molecule has 0 amide bonds. The lowest BCUT2D eigenvalue weighted by Gasteiger charge is -2.13. The van der Waals surface area contributed by atoms with Gasteiger partial charge >= 0.3 is 5.69 Å². The summed E-state index contributed by atoms with van der Waals surface area (Å²) in [4.78, 5) is 48.4. The number of hydrogen-bond donors (Lipinski definition) is 2. The van der Waals surface area contributed by atoms with Gasteiger partial charge in [0, 0.05) is 20.3 Å². The standard InChI is InChI=1S/C15H15ClN6O3S/c1-6(26-14-19-8-4-7(16)5-18-12(8)20-14)10(23)9-11(17)21(2)15(25)22(3)13(9)24/h4-6H,17H2,1-3H3,(H,18,19,20)/t6-/m0/s1. The fourth-order valence-electron chi connectivity index (χ4n) is 2.42. The number of nitrogen functional groups attached to an aromatic ring is 1. The minimum atomic E-state index is -0.721. The number of H-pyrrole nitrogens is 1. The molecule has 136 valence electrons. The van der Waals surface area contributed by atoms with Crippen molar-refractivity contribution in [1.29, 1.82) is 0 Å². The molecule has 3 rings (SSSR count). The van der Waals surface area contributed by atoms with Crippen molar-refractivity contribution in [3.05, 3.63) is 43.7 Å². The van der Waals surface area contributed by atoms with E-state index in [0.29, 0.717) is 21.3 Å². The van der Waals surface area contributed by atoms with Crippen LogP contribution in [0.4, 0.5) is 5.82 Å². The van der Waals surface area contributed by atoms with Gasteiger partial charge in [0.15, 0.2) is 16.6 Å². The summed E-state index contributed by atoms with van der Waals surface area (Å²) in [5.74, 6) is -0.649. The Morgan fingerprint density at radius 3 is 2.73 bits per heavy atom. The summed E-state index contributed by atoms with van der Waals surface area (Å²) in [6.45, 7) is 1.63. The molecule has 0 aliphatic rings. The second kappa shape index (κ2) is 6.61. The van der Waals surface area contributed by atoms with Gasteiger partial charge in [0.2, 0.25) is 0 Å². The zero-order valence-corrected chi connectivity index (χ0v) is 15.7. The molecule has 3 N–H and O–H groups in total. The van der Waals surface area contributed by atoms with Crippen LogP contribution in [0.15, 0.2) is 27.0 Å². The number of halogens is 1. The molecule has 3 heterocycles. The second-order valence-corrected chi connectivity index (χ2v) is 7.42. The van der Waals surface area contributed by atoms with Crippen molar-refractivity contribution in [3.8, 4) is 0 Å². The van der Waals surface area contributed by atoms with Gasteiger partial charge in [-0.2, -0.15) is 0 Å². The highest BCUT2D eigenvalue weighted by Crippen LogP contribution is 2.26. The fraction of sp³-hybridized carbons (Fsp3) is 0.267. The molecule has 0 fully saturated rings. The number of nitrogens with two attached hydrogens (primary N) is 1. The molecule has 0 saturated carbocycles. The molecule has 1 atom stereocenters. The van der Waals surface area contributed by atoms with Crippen LogP contribution in [0.25, 0.3) is 11.2 Å². The van der Waals surface area contributed by atoms with Crippen LogP contribution in [-0.2, 0) is 14.1 Å². The van der Waals surface area contributed by atoms with Crippen LogP contribution in [-0.4, -0.2) is 35.1 Å². The molecule has 3 aromatic rings. The third-order valence-electron chi connectivity index (χ3n) is 3.90. The van der Waals surface area contributed by atoms with Gasteiger partial charge in [0.1, 0.15) is 11.4 Å². The van der Waals surface area contributed by atoms with Crippen LogP contribution in [0.3, 0.4) is 0 Å². The SMILES string of the molecule is C[C@H](Sc1nc2ncc(Cl)cc2[nH]1)C(=O)c1c(N)n(C)c(=O)n(C)c1=O. The average Bonchev–Trinajstić information content (AvgIpc) is 2.99. The van der Waals surface area contributed by atoms with E-state index in [1.54, 1.807) is 13.0 Å². The van der Waals surface area contributed by atoms with E-state index in [4.69, 9.17) is 17.3 Å². The third-order valence-corrected chi connectivity index (χ3v) is 5.09. The van der Waals surface area contributed by atoms with Crippen molar-refractivity contribution < 1.29 is 4.79 Å². The third kappa shape index (κ3) is 3.01. The van der Waals surface area contributed by atoms with E-state index < -0.39 is 22.3 Å². The molecule has 0 radical (unpaired) electrons. The summed E-state index contributed by atoms with van der Waals surface area (Å²) < 4.78 is 1.92. The van der Waals surface area contributed by atoms with Crippen molar-refractivity contribution >= 4 is 46.1 Å². The molecular weight excluding hydrogens is 380 g/mol. The summed E-state index contributed by atoms with van der Waals surface area (Å²) in [6.07, 6.45) is 1.47. The largest absolute Gasteiger partial charge is 0.384 e. The number of hydrogen-bond acceptors (Lipinski definition) is 7. The van der Waals surface area contributed by atoms with Crippen LogP contribution in [0.2, 0.25) is 5.02 Å². The summed E-state index contributed by atoms with van der Waals surface area (Å²) in [6, 6.07) is 1.67. The highest BCUT2D eigenvalue weighted by Gasteiger charge is 2.26. The first-order chi connectivity index (χ1) is 12.2. The maximum absolute atomic E-state index is 12.8. The van der Waals surface area contributed by atoms with Crippen molar-refractivity contribution in [2.24, 2.45) is 14.1 Å². The Kier molecular flexibility index (Phi) is 4.63. The summed E-state index contributed by atoms with van der Waals surface area (Å²) >= 11 is 7.01. The first-order valence-corrected chi connectivity index (χ1v) is 8.74. The van der Waals surface area contributed by atoms with Gasteiger partial charge in [-0.15, -0.1) is 0 Å². The van der Waals surface area contributed by atoms with Crippen molar-refractivity contribution in [2.45, 2.75) is 17.3 Å². The molecule has 26 heavy (non-hydrogen) atoms. The maximum Gasteiger partial charge on any atom is 0.332 e. The van der Waals surface area contributed by atoms with Gasteiger partial charge in [-0.3, -0.25) is 18.7 Å². The fourth-order valence-corrected chi connectivity index (χ4v) is 3.45. The highest BCUT2D eigenvalue weighted by molar-refractivity contribution is 8.00. The lowest BCUT2D eigenvalue weighted by atomic mass is 10.1. The van der Waals surface area contributed by atoms with E-state index in [0.717, 1.165) is 20.9 Å². The van der Waals surface area contributed by atoms with E-state index in [2.05, 4.69) is 15.0 Å². The summed E-state index contributed by atoms with van der Waals surface area (Å²) in [5, 5.41) is 0.248. The van der Waals surface area contributed by atoms with Gasteiger partial charge < -0.3 is 10.7 Å². The smallest absolute Gasteiger partial charge is 0.332 e. The van der Waals surface area contributed by atoms with E-state index in [1.807, 2.05) is 0 Å².